The fourth-order valence-electron chi connectivity index (χ4n) is 1.45. The van der Waals surface area contributed by atoms with Gasteiger partial charge in [0.2, 0.25) is 0 Å². The molecule has 0 atom stereocenters. The molecule has 19 heavy (non-hydrogen) atoms. The first-order valence-electron chi connectivity index (χ1n) is 5.23. The fraction of sp³-hybridized carbons (Fsp3) is 0.0833. The van der Waals surface area contributed by atoms with Gasteiger partial charge in [0.15, 0.2) is 23.3 Å². The van der Waals surface area contributed by atoms with Gasteiger partial charge in [-0.05, 0) is 18.2 Å². The summed E-state index contributed by atoms with van der Waals surface area (Å²) < 4.78 is 31.4. The molecule has 0 saturated heterocycles. The van der Waals surface area contributed by atoms with Gasteiger partial charge < -0.3 is 15.8 Å². The Morgan fingerprint density at radius 1 is 1.26 bits per heavy atom. The lowest BCUT2D eigenvalue weighted by molar-refractivity contribution is 0.415. The zero-order valence-electron chi connectivity index (χ0n) is 9.88. The van der Waals surface area contributed by atoms with Crippen LogP contribution in [-0.2, 0) is 0 Å². The number of ether oxygens (including phenoxy) is 1. The van der Waals surface area contributed by atoms with Crippen LogP contribution in [-0.4, -0.2) is 12.1 Å². The van der Waals surface area contributed by atoms with E-state index in [4.69, 9.17) is 22.1 Å². The van der Waals surface area contributed by atoms with Crippen LogP contribution in [0.1, 0.15) is 0 Å². The molecule has 0 bridgehead atoms. The highest BCUT2D eigenvalue weighted by atomic mass is 35.5. The van der Waals surface area contributed by atoms with E-state index in [1.807, 2.05) is 0 Å². The van der Waals surface area contributed by atoms with E-state index in [1.165, 1.54) is 13.2 Å². The average Bonchev–Trinajstić information content (AvgIpc) is 2.36. The molecule has 3 N–H and O–H groups in total. The fourth-order valence-corrected chi connectivity index (χ4v) is 1.71. The van der Waals surface area contributed by atoms with Gasteiger partial charge in [0.1, 0.15) is 5.75 Å². The van der Waals surface area contributed by atoms with Gasteiger partial charge in [0, 0.05) is 11.8 Å². The molecule has 1 aromatic carbocycles. The first-order valence-corrected chi connectivity index (χ1v) is 5.61. The van der Waals surface area contributed by atoms with Gasteiger partial charge in [-0.3, -0.25) is 0 Å². The molecule has 2 aromatic rings. The number of anilines is 3. The van der Waals surface area contributed by atoms with Gasteiger partial charge in [0.25, 0.3) is 0 Å². The third-order valence-electron chi connectivity index (χ3n) is 2.37. The van der Waals surface area contributed by atoms with Crippen molar-refractivity contribution in [1.29, 1.82) is 0 Å². The number of aromatic nitrogens is 1. The highest BCUT2D eigenvalue weighted by molar-refractivity contribution is 6.32. The van der Waals surface area contributed by atoms with Crippen LogP contribution in [0.25, 0.3) is 0 Å². The maximum absolute atomic E-state index is 13.5. The molecule has 1 aromatic heterocycles. The maximum atomic E-state index is 13.5. The molecule has 0 aliphatic heterocycles. The van der Waals surface area contributed by atoms with Crippen LogP contribution in [0.2, 0.25) is 5.02 Å². The van der Waals surface area contributed by atoms with Crippen molar-refractivity contribution < 1.29 is 13.5 Å². The number of benzene rings is 1. The van der Waals surface area contributed by atoms with Crippen molar-refractivity contribution in [3.8, 4) is 5.75 Å². The predicted molar refractivity (Wildman–Crippen MR) is 69.9 cm³/mol. The van der Waals surface area contributed by atoms with E-state index in [9.17, 15) is 8.78 Å². The lowest BCUT2D eigenvalue weighted by atomic mass is 10.3. The Kier molecular flexibility index (Phi) is 3.71. The van der Waals surface area contributed by atoms with Gasteiger partial charge in [-0.1, -0.05) is 11.6 Å². The van der Waals surface area contributed by atoms with Crippen molar-refractivity contribution >= 4 is 28.9 Å². The lowest BCUT2D eigenvalue weighted by Crippen LogP contribution is -2.03. The minimum atomic E-state index is -0.907. The summed E-state index contributed by atoms with van der Waals surface area (Å²) in [5.74, 6) is -1.84. The summed E-state index contributed by atoms with van der Waals surface area (Å²) in [5, 5.41) is 3.01. The van der Waals surface area contributed by atoms with Crippen LogP contribution in [0.3, 0.4) is 0 Å². The second-order valence-electron chi connectivity index (χ2n) is 3.66. The molecule has 0 saturated carbocycles. The second-order valence-corrected chi connectivity index (χ2v) is 4.07. The highest BCUT2D eigenvalue weighted by Crippen LogP contribution is 2.29. The molecular weight excluding hydrogens is 276 g/mol. The molecule has 0 aliphatic rings. The molecule has 4 nitrogen and oxygen atoms in total. The van der Waals surface area contributed by atoms with Crippen LogP contribution in [0.15, 0.2) is 24.3 Å². The van der Waals surface area contributed by atoms with Crippen LogP contribution < -0.4 is 15.8 Å². The highest BCUT2D eigenvalue weighted by Gasteiger charge is 2.10. The van der Waals surface area contributed by atoms with Crippen molar-refractivity contribution in [3.05, 3.63) is 40.9 Å². The largest absolute Gasteiger partial charge is 0.495 e. The van der Waals surface area contributed by atoms with Crippen LogP contribution in [0.4, 0.5) is 26.1 Å². The minimum absolute atomic E-state index is 0.180. The second kappa shape index (κ2) is 5.27. The Labute approximate surface area is 113 Å². The monoisotopic (exact) mass is 285 g/mol. The molecule has 0 amide bonds. The summed E-state index contributed by atoms with van der Waals surface area (Å²) in [7, 11) is 1.48. The third kappa shape index (κ3) is 2.85. The number of halogens is 3. The molecule has 2 rings (SSSR count). The normalized spacial score (nSPS) is 10.3. The van der Waals surface area contributed by atoms with Crippen molar-refractivity contribution in [2.75, 3.05) is 18.2 Å². The van der Waals surface area contributed by atoms with Gasteiger partial charge in [0.05, 0.1) is 12.1 Å². The van der Waals surface area contributed by atoms with Crippen molar-refractivity contribution in [2.24, 2.45) is 0 Å². The number of rotatable bonds is 3. The van der Waals surface area contributed by atoms with E-state index in [0.29, 0.717) is 22.5 Å². The van der Waals surface area contributed by atoms with E-state index in [2.05, 4.69) is 10.3 Å². The van der Waals surface area contributed by atoms with Crippen LogP contribution in [0.5, 0.6) is 5.75 Å². The Hall–Kier alpha value is -2.08. The molecular formula is C12H10ClF2N3O. The van der Waals surface area contributed by atoms with Crippen LogP contribution >= 0.6 is 11.6 Å². The lowest BCUT2D eigenvalue weighted by Gasteiger charge is -2.09. The van der Waals surface area contributed by atoms with Crippen molar-refractivity contribution in [3.63, 3.8) is 0 Å². The average molecular weight is 286 g/mol. The van der Waals surface area contributed by atoms with Crippen LogP contribution in [0, 0.1) is 11.6 Å². The summed E-state index contributed by atoms with van der Waals surface area (Å²) in [6, 6.07) is 5.41. The number of methoxy groups -OCH3 is 1. The maximum Gasteiger partial charge on any atom is 0.169 e. The standard InChI is InChI=1S/C12H10ClF2N3O/c1-19-10-3-2-6(4-7(10)13)17-12-9(15)5-8(14)11(16)18-12/h2-5H,1H3,(H3,16,17,18). The van der Waals surface area contributed by atoms with Gasteiger partial charge >= 0.3 is 0 Å². The third-order valence-corrected chi connectivity index (χ3v) is 2.67. The number of hydrogen-bond donors (Lipinski definition) is 2. The van der Waals surface area contributed by atoms with E-state index < -0.39 is 11.6 Å². The molecule has 0 aliphatic carbocycles. The summed E-state index contributed by atoms with van der Waals surface area (Å²) in [6.07, 6.45) is 0. The molecule has 100 valence electrons. The Bertz CT molecular complexity index is 622. The number of hydrogen-bond acceptors (Lipinski definition) is 4. The van der Waals surface area contributed by atoms with Gasteiger partial charge in [-0.2, -0.15) is 0 Å². The number of nitrogens with one attached hydrogen (secondary N) is 1. The van der Waals surface area contributed by atoms with E-state index in [-0.39, 0.29) is 11.6 Å². The van der Waals surface area contributed by atoms with Gasteiger partial charge in [-0.25, -0.2) is 13.8 Å². The summed E-state index contributed by atoms with van der Waals surface area (Å²) in [4.78, 5) is 3.58. The Morgan fingerprint density at radius 3 is 2.63 bits per heavy atom. The summed E-state index contributed by atoms with van der Waals surface area (Å²) in [6.45, 7) is 0. The molecule has 1 heterocycles. The van der Waals surface area contributed by atoms with E-state index in [0.717, 1.165) is 0 Å². The first-order chi connectivity index (χ1) is 9.01. The predicted octanol–water partition coefficient (Wildman–Crippen LogP) is 3.35. The molecule has 0 unspecified atom stereocenters. The van der Waals surface area contributed by atoms with E-state index >= 15 is 0 Å². The Balaban J connectivity index is 2.31. The van der Waals surface area contributed by atoms with Gasteiger partial charge in [-0.15, -0.1) is 0 Å². The number of nitrogens with two attached hydrogens (primary N) is 1. The summed E-state index contributed by atoms with van der Waals surface area (Å²) in [5.41, 5.74) is 5.76. The quantitative estimate of drug-likeness (QED) is 0.908. The number of nitrogen functional groups attached to an aromatic ring is 1. The van der Waals surface area contributed by atoms with E-state index in [1.54, 1.807) is 12.1 Å². The topological polar surface area (TPSA) is 60.2 Å². The summed E-state index contributed by atoms with van der Waals surface area (Å²) >= 11 is 5.93. The Morgan fingerprint density at radius 2 is 2.00 bits per heavy atom. The molecule has 0 spiro atoms. The molecule has 7 heteroatoms. The molecule has 0 radical (unpaired) electrons. The zero-order valence-corrected chi connectivity index (χ0v) is 10.6. The van der Waals surface area contributed by atoms with Crippen molar-refractivity contribution in [1.82, 2.24) is 4.98 Å². The van der Waals surface area contributed by atoms with Crippen molar-refractivity contribution in [2.45, 2.75) is 0 Å². The first kappa shape index (κ1) is 13.4. The zero-order chi connectivity index (χ0) is 14.0. The number of nitrogens with zero attached hydrogens (tertiary/aromatic N) is 1. The SMILES string of the molecule is COc1ccc(Nc2nc(N)c(F)cc2F)cc1Cl. The number of pyridine rings is 1. The smallest absolute Gasteiger partial charge is 0.169 e. The minimum Gasteiger partial charge on any atom is -0.495 e. The molecule has 0 fully saturated rings.